The minimum Gasteiger partial charge on any atom is -0.428 e. The molecule has 2 aliphatic heterocycles. The quantitative estimate of drug-likeness (QED) is 0.489. The maximum absolute atomic E-state index is 11.8. The molecule has 0 saturated carbocycles. The van der Waals surface area contributed by atoms with Crippen molar-refractivity contribution >= 4 is 17.9 Å². The van der Waals surface area contributed by atoms with Gasteiger partial charge in [0.1, 0.15) is 0 Å². The van der Waals surface area contributed by atoms with E-state index in [1.165, 1.54) is 12.2 Å². The number of allylic oxidation sites excluding steroid dienone is 2. The number of esters is 3. The number of hydrogen-bond acceptors (Lipinski definition) is 6. The fourth-order valence-corrected chi connectivity index (χ4v) is 3.06. The Balaban J connectivity index is 2.00. The molecule has 0 aromatic rings. The molecule has 0 bridgehead atoms. The number of carbonyl (C=O) groups excluding carboxylic acids is 3. The molecule has 100 valence electrons. The summed E-state index contributed by atoms with van der Waals surface area (Å²) in [6.07, 6.45) is 4.67. The van der Waals surface area contributed by atoms with Crippen LogP contribution in [0.1, 0.15) is 0 Å². The fraction of sp³-hybridized carbons (Fsp3) is 0.214. The molecule has 2 heterocycles. The standard InChI is InChI=1S/C14H8O6/c15-11-5-1-2-6-10-8(14(18)20-12(6)16)4-3-7(9(5)10)13(17)19-11/h1-5,9,12,16H. The second kappa shape index (κ2) is 3.55. The Labute approximate surface area is 112 Å². The Morgan fingerprint density at radius 2 is 1.90 bits per heavy atom. The summed E-state index contributed by atoms with van der Waals surface area (Å²) in [7, 11) is 0. The zero-order chi connectivity index (χ0) is 14.0. The number of aliphatic hydroxyl groups excluding tert-OH is 1. The Morgan fingerprint density at radius 3 is 2.70 bits per heavy atom. The van der Waals surface area contributed by atoms with E-state index in [0.29, 0.717) is 16.7 Å². The van der Waals surface area contributed by atoms with Crippen molar-refractivity contribution in [2.45, 2.75) is 6.29 Å². The molecular formula is C14H8O6. The minimum atomic E-state index is -1.38. The third-order valence-corrected chi connectivity index (χ3v) is 3.92. The van der Waals surface area contributed by atoms with Crippen LogP contribution in [0.15, 0.2) is 46.6 Å². The van der Waals surface area contributed by atoms with Crippen LogP contribution < -0.4 is 0 Å². The van der Waals surface area contributed by atoms with Crippen molar-refractivity contribution < 1.29 is 29.0 Å². The molecule has 20 heavy (non-hydrogen) atoms. The smallest absolute Gasteiger partial charge is 0.342 e. The first-order chi connectivity index (χ1) is 9.58. The van der Waals surface area contributed by atoms with E-state index in [1.54, 1.807) is 12.2 Å². The maximum atomic E-state index is 11.8. The number of ether oxygens (including phenoxy) is 2. The van der Waals surface area contributed by atoms with Crippen LogP contribution in [0.2, 0.25) is 0 Å². The van der Waals surface area contributed by atoms with E-state index in [0.717, 1.165) is 0 Å². The summed E-state index contributed by atoms with van der Waals surface area (Å²) in [4.78, 5) is 35.4. The predicted octanol–water partition coefficient (Wildman–Crippen LogP) is -0.0898. The van der Waals surface area contributed by atoms with Crippen LogP contribution in [0.25, 0.3) is 0 Å². The van der Waals surface area contributed by atoms with Gasteiger partial charge in [0.25, 0.3) is 0 Å². The normalized spacial score (nSPS) is 34.0. The van der Waals surface area contributed by atoms with Crippen molar-refractivity contribution in [1.29, 1.82) is 0 Å². The molecular weight excluding hydrogens is 264 g/mol. The van der Waals surface area contributed by atoms with Gasteiger partial charge in [-0.2, -0.15) is 0 Å². The van der Waals surface area contributed by atoms with E-state index < -0.39 is 36.0 Å². The molecule has 1 saturated heterocycles. The highest BCUT2D eigenvalue weighted by Crippen LogP contribution is 2.47. The predicted molar refractivity (Wildman–Crippen MR) is 62.5 cm³/mol. The molecule has 6 nitrogen and oxygen atoms in total. The lowest BCUT2D eigenvalue weighted by Crippen LogP contribution is -2.44. The highest BCUT2D eigenvalue weighted by molar-refractivity contribution is 6.06. The van der Waals surface area contributed by atoms with Gasteiger partial charge in [-0.15, -0.1) is 0 Å². The molecule has 3 atom stereocenters. The number of aliphatic hydroxyl groups is 1. The van der Waals surface area contributed by atoms with E-state index in [1.807, 2.05) is 0 Å². The van der Waals surface area contributed by atoms with Gasteiger partial charge in [-0.05, 0) is 11.6 Å². The molecule has 4 aliphatic rings. The van der Waals surface area contributed by atoms with Gasteiger partial charge in [-0.25, -0.2) is 9.59 Å². The molecule has 0 radical (unpaired) electrons. The minimum absolute atomic E-state index is 0.274. The van der Waals surface area contributed by atoms with E-state index >= 15 is 0 Å². The summed E-state index contributed by atoms with van der Waals surface area (Å²) in [5.74, 6) is -3.24. The molecule has 0 spiro atoms. The average Bonchev–Trinajstić information content (AvgIpc) is 2.42. The van der Waals surface area contributed by atoms with E-state index in [4.69, 9.17) is 4.74 Å². The summed E-state index contributed by atoms with van der Waals surface area (Å²) in [5, 5.41) is 9.83. The van der Waals surface area contributed by atoms with Crippen LogP contribution in [0.3, 0.4) is 0 Å². The molecule has 1 N–H and O–H groups in total. The summed E-state index contributed by atoms with van der Waals surface area (Å²) >= 11 is 0. The molecule has 4 rings (SSSR count). The summed E-state index contributed by atoms with van der Waals surface area (Å²) < 4.78 is 9.52. The molecule has 0 aromatic carbocycles. The van der Waals surface area contributed by atoms with Crippen LogP contribution in [0.4, 0.5) is 0 Å². The molecule has 1 fully saturated rings. The van der Waals surface area contributed by atoms with Gasteiger partial charge in [0, 0.05) is 17.1 Å². The van der Waals surface area contributed by atoms with Gasteiger partial charge in [0.15, 0.2) is 0 Å². The van der Waals surface area contributed by atoms with Crippen LogP contribution in [0.5, 0.6) is 0 Å². The SMILES string of the molecule is O=C1OC(O)C2=C3C1=CC=C1C(=O)OC(=O)C(C=C2)C13. The van der Waals surface area contributed by atoms with E-state index in [9.17, 15) is 19.5 Å². The highest BCUT2D eigenvalue weighted by Gasteiger charge is 2.50. The fourth-order valence-electron chi connectivity index (χ4n) is 3.06. The summed E-state index contributed by atoms with van der Waals surface area (Å²) in [6, 6.07) is 0. The van der Waals surface area contributed by atoms with Gasteiger partial charge in [0.05, 0.1) is 11.5 Å². The first-order valence-corrected chi connectivity index (χ1v) is 6.07. The van der Waals surface area contributed by atoms with E-state index in [2.05, 4.69) is 4.74 Å². The third kappa shape index (κ3) is 1.23. The van der Waals surface area contributed by atoms with Gasteiger partial charge in [-0.3, -0.25) is 4.79 Å². The molecule has 6 heteroatoms. The first kappa shape index (κ1) is 11.4. The molecule has 3 unspecified atom stereocenters. The first-order valence-electron chi connectivity index (χ1n) is 6.07. The van der Waals surface area contributed by atoms with Gasteiger partial charge in [0.2, 0.25) is 6.29 Å². The van der Waals surface area contributed by atoms with Crippen molar-refractivity contribution in [3.63, 3.8) is 0 Å². The van der Waals surface area contributed by atoms with Crippen LogP contribution >= 0.6 is 0 Å². The van der Waals surface area contributed by atoms with Crippen molar-refractivity contribution in [2.75, 3.05) is 0 Å². The average molecular weight is 272 g/mol. The van der Waals surface area contributed by atoms with Crippen molar-refractivity contribution in [1.82, 2.24) is 0 Å². The molecule has 2 aliphatic carbocycles. The molecule has 0 aromatic heterocycles. The summed E-state index contributed by atoms with van der Waals surface area (Å²) in [6.45, 7) is 0. The Kier molecular flexibility index (Phi) is 2.01. The van der Waals surface area contributed by atoms with E-state index in [-0.39, 0.29) is 5.57 Å². The van der Waals surface area contributed by atoms with Crippen LogP contribution in [0, 0.1) is 11.8 Å². The second-order valence-electron chi connectivity index (χ2n) is 4.90. The van der Waals surface area contributed by atoms with Gasteiger partial charge in [-0.1, -0.05) is 18.2 Å². The number of cyclic esters (lactones) is 3. The number of rotatable bonds is 0. The lowest BCUT2D eigenvalue weighted by Gasteiger charge is -2.39. The lowest BCUT2D eigenvalue weighted by molar-refractivity contribution is -0.165. The van der Waals surface area contributed by atoms with Crippen LogP contribution in [-0.2, 0) is 23.9 Å². The van der Waals surface area contributed by atoms with Crippen molar-refractivity contribution in [3.8, 4) is 0 Å². The topological polar surface area (TPSA) is 89.9 Å². The molecule has 0 amide bonds. The second-order valence-corrected chi connectivity index (χ2v) is 4.90. The van der Waals surface area contributed by atoms with Crippen molar-refractivity contribution in [2.24, 2.45) is 11.8 Å². The maximum Gasteiger partial charge on any atom is 0.342 e. The Morgan fingerprint density at radius 1 is 1.10 bits per heavy atom. The van der Waals surface area contributed by atoms with Crippen molar-refractivity contribution in [3.05, 3.63) is 46.6 Å². The Hall–Kier alpha value is -2.47. The number of carbonyl (C=O) groups is 3. The Bertz CT molecular complexity index is 705. The zero-order valence-electron chi connectivity index (χ0n) is 10.0. The van der Waals surface area contributed by atoms with Gasteiger partial charge < -0.3 is 14.6 Å². The van der Waals surface area contributed by atoms with Crippen LogP contribution in [-0.4, -0.2) is 29.3 Å². The van der Waals surface area contributed by atoms with Gasteiger partial charge >= 0.3 is 17.9 Å². The zero-order valence-corrected chi connectivity index (χ0v) is 10.0. The highest BCUT2D eigenvalue weighted by atomic mass is 16.6. The monoisotopic (exact) mass is 272 g/mol. The lowest BCUT2D eigenvalue weighted by atomic mass is 9.68. The number of hydrogen-bond donors (Lipinski definition) is 1. The third-order valence-electron chi connectivity index (χ3n) is 3.92. The summed E-state index contributed by atoms with van der Waals surface area (Å²) in [5.41, 5.74) is 1.49. The largest absolute Gasteiger partial charge is 0.428 e.